The lowest BCUT2D eigenvalue weighted by atomic mass is 10.0. The van der Waals surface area contributed by atoms with Gasteiger partial charge in [0.1, 0.15) is 0 Å². The molecule has 1 aliphatic heterocycles. The SMILES string of the molecule is Cn1nc(C(N)=O)c2c1CCN(CCn1cnc3ccccc31)C2. The monoisotopic (exact) mass is 324 g/mol. The van der Waals surface area contributed by atoms with Gasteiger partial charge in [0, 0.05) is 50.9 Å². The second kappa shape index (κ2) is 5.76. The maximum atomic E-state index is 11.6. The van der Waals surface area contributed by atoms with E-state index in [1.54, 1.807) is 4.68 Å². The van der Waals surface area contributed by atoms with Gasteiger partial charge in [0.25, 0.3) is 5.91 Å². The lowest BCUT2D eigenvalue weighted by Gasteiger charge is -2.27. The number of para-hydroxylation sites is 2. The fourth-order valence-corrected chi connectivity index (χ4v) is 3.47. The number of carbonyl (C=O) groups is 1. The molecule has 2 aromatic heterocycles. The van der Waals surface area contributed by atoms with Crippen LogP contribution in [-0.4, -0.2) is 43.2 Å². The molecule has 0 fully saturated rings. The summed E-state index contributed by atoms with van der Waals surface area (Å²) in [4.78, 5) is 18.4. The van der Waals surface area contributed by atoms with Crippen molar-refractivity contribution in [3.05, 3.63) is 47.5 Å². The highest BCUT2D eigenvalue weighted by Gasteiger charge is 2.25. The molecule has 0 saturated heterocycles. The van der Waals surface area contributed by atoms with Gasteiger partial charge in [-0.15, -0.1) is 0 Å². The number of primary amides is 1. The molecule has 0 radical (unpaired) electrons. The molecular weight excluding hydrogens is 304 g/mol. The molecule has 1 aromatic carbocycles. The fraction of sp³-hybridized carbons (Fsp3) is 0.353. The first-order valence-corrected chi connectivity index (χ1v) is 8.10. The van der Waals surface area contributed by atoms with Gasteiger partial charge in [0.15, 0.2) is 5.69 Å². The zero-order valence-electron chi connectivity index (χ0n) is 13.6. The van der Waals surface area contributed by atoms with Crippen molar-refractivity contribution < 1.29 is 4.79 Å². The van der Waals surface area contributed by atoms with Crippen LogP contribution in [0, 0.1) is 0 Å². The largest absolute Gasteiger partial charge is 0.364 e. The molecule has 2 N–H and O–H groups in total. The van der Waals surface area contributed by atoms with Gasteiger partial charge in [0.2, 0.25) is 0 Å². The number of nitrogens with zero attached hydrogens (tertiary/aromatic N) is 5. The first-order chi connectivity index (χ1) is 11.6. The predicted octanol–water partition coefficient (Wildman–Crippen LogP) is 0.927. The number of rotatable bonds is 4. The standard InChI is InChI=1S/C17H20N6O/c1-21-14-6-7-22(10-12(14)16(20-21)17(18)24)8-9-23-11-19-13-4-2-3-5-15(13)23/h2-5,11H,6-10H2,1H3,(H2,18,24). The van der Waals surface area contributed by atoms with Gasteiger partial charge in [0.05, 0.1) is 17.4 Å². The Kier molecular flexibility index (Phi) is 3.57. The van der Waals surface area contributed by atoms with E-state index in [1.807, 2.05) is 31.6 Å². The van der Waals surface area contributed by atoms with Gasteiger partial charge < -0.3 is 10.3 Å². The summed E-state index contributed by atoms with van der Waals surface area (Å²) in [5.41, 5.74) is 10.1. The molecule has 0 unspecified atom stereocenters. The maximum Gasteiger partial charge on any atom is 0.269 e. The molecule has 124 valence electrons. The van der Waals surface area contributed by atoms with Crippen molar-refractivity contribution in [3.8, 4) is 0 Å². The van der Waals surface area contributed by atoms with Gasteiger partial charge in [-0.25, -0.2) is 4.98 Å². The summed E-state index contributed by atoms with van der Waals surface area (Å²) in [5.74, 6) is -0.450. The average molecular weight is 324 g/mol. The number of benzene rings is 1. The summed E-state index contributed by atoms with van der Waals surface area (Å²) in [6, 6.07) is 8.14. The number of imidazole rings is 1. The molecule has 7 nitrogen and oxygen atoms in total. The van der Waals surface area contributed by atoms with Crippen LogP contribution >= 0.6 is 0 Å². The molecule has 24 heavy (non-hydrogen) atoms. The molecule has 0 aliphatic carbocycles. The van der Waals surface area contributed by atoms with Crippen LogP contribution < -0.4 is 5.73 Å². The topological polar surface area (TPSA) is 82.0 Å². The van der Waals surface area contributed by atoms with Gasteiger partial charge in [-0.1, -0.05) is 12.1 Å². The number of hydrogen-bond acceptors (Lipinski definition) is 4. The molecule has 7 heteroatoms. The van der Waals surface area contributed by atoms with Gasteiger partial charge >= 0.3 is 0 Å². The van der Waals surface area contributed by atoms with Crippen molar-refractivity contribution >= 4 is 16.9 Å². The van der Waals surface area contributed by atoms with Crippen molar-refractivity contribution in [1.29, 1.82) is 0 Å². The Hall–Kier alpha value is -2.67. The van der Waals surface area contributed by atoms with Crippen molar-refractivity contribution in [2.45, 2.75) is 19.5 Å². The Balaban J connectivity index is 1.50. The minimum Gasteiger partial charge on any atom is -0.364 e. The summed E-state index contributed by atoms with van der Waals surface area (Å²) in [6.45, 7) is 3.43. The van der Waals surface area contributed by atoms with E-state index in [9.17, 15) is 4.79 Å². The van der Waals surface area contributed by atoms with Gasteiger partial charge in [-0.3, -0.25) is 14.4 Å². The van der Waals surface area contributed by atoms with Crippen molar-refractivity contribution in [2.75, 3.05) is 13.1 Å². The first-order valence-electron chi connectivity index (χ1n) is 8.10. The highest BCUT2D eigenvalue weighted by Crippen LogP contribution is 2.22. The fourth-order valence-electron chi connectivity index (χ4n) is 3.47. The van der Waals surface area contributed by atoms with Crippen LogP contribution in [-0.2, 0) is 26.6 Å². The van der Waals surface area contributed by atoms with Crippen LogP contribution in [0.25, 0.3) is 11.0 Å². The Labute approximate surface area is 139 Å². The summed E-state index contributed by atoms with van der Waals surface area (Å²) in [7, 11) is 1.87. The Morgan fingerprint density at radius 2 is 2.12 bits per heavy atom. The molecule has 0 spiro atoms. The molecule has 4 rings (SSSR count). The zero-order valence-corrected chi connectivity index (χ0v) is 13.6. The lowest BCUT2D eigenvalue weighted by molar-refractivity contribution is 0.0992. The molecule has 3 heterocycles. The highest BCUT2D eigenvalue weighted by molar-refractivity contribution is 5.92. The molecule has 1 amide bonds. The van der Waals surface area contributed by atoms with E-state index in [0.717, 1.165) is 48.3 Å². The smallest absolute Gasteiger partial charge is 0.269 e. The van der Waals surface area contributed by atoms with Crippen LogP contribution in [0.15, 0.2) is 30.6 Å². The zero-order chi connectivity index (χ0) is 16.7. The van der Waals surface area contributed by atoms with Gasteiger partial charge in [-0.05, 0) is 12.1 Å². The third-order valence-corrected chi connectivity index (χ3v) is 4.74. The van der Waals surface area contributed by atoms with Crippen LogP contribution in [0.1, 0.15) is 21.7 Å². The third-order valence-electron chi connectivity index (χ3n) is 4.74. The maximum absolute atomic E-state index is 11.6. The molecule has 0 atom stereocenters. The Morgan fingerprint density at radius 1 is 1.29 bits per heavy atom. The molecule has 1 aliphatic rings. The van der Waals surface area contributed by atoms with Crippen molar-refractivity contribution in [1.82, 2.24) is 24.2 Å². The predicted molar refractivity (Wildman–Crippen MR) is 90.4 cm³/mol. The van der Waals surface area contributed by atoms with E-state index in [1.165, 1.54) is 0 Å². The summed E-state index contributed by atoms with van der Waals surface area (Å²) >= 11 is 0. The number of aryl methyl sites for hydroxylation is 1. The van der Waals surface area contributed by atoms with Crippen LogP contribution in [0.2, 0.25) is 0 Å². The van der Waals surface area contributed by atoms with Gasteiger partial charge in [-0.2, -0.15) is 5.10 Å². The van der Waals surface area contributed by atoms with E-state index >= 15 is 0 Å². The minimum atomic E-state index is -0.450. The summed E-state index contributed by atoms with van der Waals surface area (Å²) in [6.07, 6.45) is 2.77. The van der Waals surface area contributed by atoms with E-state index in [2.05, 4.69) is 25.6 Å². The molecule has 0 saturated carbocycles. The molecule has 3 aromatic rings. The first kappa shape index (κ1) is 14.9. The second-order valence-electron chi connectivity index (χ2n) is 6.21. The van der Waals surface area contributed by atoms with E-state index in [4.69, 9.17) is 5.73 Å². The number of fused-ring (bicyclic) bond motifs is 2. The van der Waals surface area contributed by atoms with Crippen LogP contribution in [0.3, 0.4) is 0 Å². The third kappa shape index (κ3) is 2.46. The molecule has 0 bridgehead atoms. The summed E-state index contributed by atoms with van der Waals surface area (Å²) < 4.78 is 3.96. The molecular formula is C17H20N6O. The van der Waals surface area contributed by atoms with E-state index in [0.29, 0.717) is 12.2 Å². The Morgan fingerprint density at radius 3 is 2.96 bits per heavy atom. The quantitative estimate of drug-likeness (QED) is 0.774. The normalized spacial score (nSPS) is 14.9. The lowest BCUT2D eigenvalue weighted by Crippen LogP contribution is -2.34. The minimum absolute atomic E-state index is 0.408. The van der Waals surface area contributed by atoms with Crippen molar-refractivity contribution in [2.24, 2.45) is 12.8 Å². The number of hydrogen-bond donors (Lipinski definition) is 1. The summed E-state index contributed by atoms with van der Waals surface area (Å²) in [5, 5.41) is 4.28. The Bertz CT molecular complexity index is 909. The number of nitrogens with two attached hydrogens (primary N) is 1. The second-order valence-corrected chi connectivity index (χ2v) is 6.21. The highest BCUT2D eigenvalue weighted by atomic mass is 16.1. The van der Waals surface area contributed by atoms with Crippen LogP contribution in [0.5, 0.6) is 0 Å². The van der Waals surface area contributed by atoms with Crippen LogP contribution in [0.4, 0.5) is 0 Å². The van der Waals surface area contributed by atoms with Crippen molar-refractivity contribution in [3.63, 3.8) is 0 Å². The number of aromatic nitrogens is 4. The average Bonchev–Trinajstić information content (AvgIpc) is 3.14. The van der Waals surface area contributed by atoms with E-state index in [-0.39, 0.29) is 0 Å². The number of carbonyl (C=O) groups excluding carboxylic acids is 1. The number of amides is 1. The van der Waals surface area contributed by atoms with E-state index < -0.39 is 5.91 Å².